The zero-order valence-corrected chi connectivity index (χ0v) is 13.6. The zero-order chi connectivity index (χ0) is 15.6. The summed E-state index contributed by atoms with van der Waals surface area (Å²) in [5, 5.41) is 3.84. The molecule has 0 atom stereocenters. The molecule has 0 spiro atoms. The van der Waals surface area contributed by atoms with Crippen molar-refractivity contribution in [1.29, 1.82) is 0 Å². The third kappa shape index (κ3) is 2.65. The summed E-state index contributed by atoms with van der Waals surface area (Å²) in [7, 11) is 0. The van der Waals surface area contributed by atoms with Crippen LogP contribution in [0.15, 0.2) is 69.8 Å². The summed E-state index contributed by atoms with van der Waals surface area (Å²) >= 11 is 2.94. The quantitative estimate of drug-likeness (QED) is 0.471. The molecular weight excluding hydrogens is 326 g/mol. The first-order chi connectivity index (χ1) is 11.3. The van der Waals surface area contributed by atoms with E-state index in [9.17, 15) is 4.79 Å². The zero-order valence-electron chi connectivity index (χ0n) is 11.9. The second kappa shape index (κ2) is 5.95. The maximum absolute atomic E-state index is 12.8. The lowest BCUT2D eigenvalue weighted by Gasteiger charge is -1.95. The number of ketones is 1. The van der Waals surface area contributed by atoms with Crippen LogP contribution in [0.1, 0.15) is 15.4 Å². The molecule has 112 valence electrons. The number of benzene rings is 1. The molecular formula is C18H11NO2S2. The number of rotatable bonds is 4. The van der Waals surface area contributed by atoms with Gasteiger partial charge in [0.2, 0.25) is 11.7 Å². The minimum Gasteiger partial charge on any atom is -0.434 e. The SMILES string of the molecule is O=C(c1cccs1)c1nc(-c2ccccc2)oc1-c1cccs1. The normalized spacial score (nSPS) is 10.8. The number of oxazole rings is 1. The molecule has 5 heteroatoms. The van der Waals surface area contributed by atoms with Gasteiger partial charge in [-0.05, 0) is 35.0 Å². The predicted octanol–water partition coefficient (Wildman–Crippen LogP) is 5.36. The topological polar surface area (TPSA) is 43.1 Å². The van der Waals surface area contributed by atoms with Crippen molar-refractivity contribution >= 4 is 28.5 Å². The lowest BCUT2D eigenvalue weighted by molar-refractivity contribution is 0.103. The van der Waals surface area contributed by atoms with E-state index >= 15 is 0 Å². The molecule has 0 aliphatic rings. The van der Waals surface area contributed by atoms with E-state index < -0.39 is 0 Å². The van der Waals surface area contributed by atoms with Gasteiger partial charge in [0.05, 0.1) is 9.75 Å². The summed E-state index contributed by atoms with van der Waals surface area (Å²) in [5.74, 6) is 0.903. The van der Waals surface area contributed by atoms with Gasteiger partial charge in [0.15, 0.2) is 11.5 Å². The Bertz CT molecular complexity index is 923. The molecule has 0 aliphatic carbocycles. The van der Waals surface area contributed by atoms with Gasteiger partial charge in [-0.3, -0.25) is 4.79 Å². The van der Waals surface area contributed by atoms with Crippen LogP contribution in [-0.4, -0.2) is 10.8 Å². The van der Waals surface area contributed by atoms with Crippen LogP contribution in [0.4, 0.5) is 0 Å². The third-order valence-corrected chi connectivity index (χ3v) is 5.09. The Morgan fingerprint density at radius 1 is 0.913 bits per heavy atom. The number of hydrogen-bond donors (Lipinski definition) is 0. The van der Waals surface area contributed by atoms with E-state index in [0.717, 1.165) is 10.4 Å². The van der Waals surface area contributed by atoms with Crippen LogP contribution in [0.25, 0.3) is 22.1 Å². The van der Waals surface area contributed by atoms with Crippen LogP contribution in [-0.2, 0) is 0 Å². The monoisotopic (exact) mass is 337 g/mol. The van der Waals surface area contributed by atoms with Gasteiger partial charge < -0.3 is 4.42 Å². The van der Waals surface area contributed by atoms with E-state index in [-0.39, 0.29) is 5.78 Å². The van der Waals surface area contributed by atoms with E-state index in [1.54, 1.807) is 0 Å². The third-order valence-electron chi connectivity index (χ3n) is 3.35. The second-order valence-corrected chi connectivity index (χ2v) is 6.74. The van der Waals surface area contributed by atoms with Crippen molar-refractivity contribution in [2.75, 3.05) is 0 Å². The van der Waals surface area contributed by atoms with Gasteiger partial charge >= 0.3 is 0 Å². The fraction of sp³-hybridized carbons (Fsp3) is 0. The molecule has 3 heterocycles. The molecule has 0 saturated heterocycles. The average molecular weight is 337 g/mol. The molecule has 0 N–H and O–H groups in total. The van der Waals surface area contributed by atoms with Gasteiger partial charge in [-0.1, -0.05) is 30.3 Å². The summed E-state index contributed by atoms with van der Waals surface area (Å²) in [6.45, 7) is 0. The molecule has 1 aromatic carbocycles. The van der Waals surface area contributed by atoms with Crippen molar-refractivity contribution in [1.82, 2.24) is 4.98 Å². The fourth-order valence-electron chi connectivity index (χ4n) is 2.28. The van der Waals surface area contributed by atoms with Crippen molar-refractivity contribution in [2.45, 2.75) is 0 Å². The molecule has 4 rings (SSSR count). The summed E-state index contributed by atoms with van der Waals surface area (Å²) in [6.07, 6.45) is 0. The maximum Gasteiger partial charge on any atom is 0.227 e. The van der Waals surface area contributed by atoms with E-state index in [1.807, 2.05) is 65.4 Å². The molecule has 3 aromatic heterocycles. The molecule has 0 saturated carbocycles. The molecule has 4 aromatic rings. The number of nitrogens with zero attached hydrogens (tertiary/aromatic N) is 1. The predicted molar refractivity (Wildman–Crippen MR) is 93.0 cm³/mol. The lowest BCUT2D eigenvalue weighted by Crippen LogP contribution is -2.00. The van der Waals surface area contributed by atoms with Crippen LogP contribution in [0, 0.1) is 0 Å². The number of thiophene rings is 2. The summed E-state index contributed by atoms with van der Waals surface area (Å²) < 4.78 is 5.95. The fourth-order valence-corrected chi connectivity index (χ4v) is 3.65. The van der Waals surface area contributed by atoms with Gasteiger partial charge in [-0.2, -0.15) is 0 Å². The Kier molecular flexibility index (Phi) is 3.65. The Balaban J connectivity index is 1.87. The van der Waals surface area contributed by atoms with Gasteiger partial charge in [0, 0.05) is 5.56 Å². The largest absolute Gasteiger partial charge is 0.434 e. The molecule has 0 fully saturated rings. The highest BCUT2D eigenvalue weighted by molar-refractivity contribution is 7.13. The van der Waals surface area contributed by atoms with Crippen LogP contribution < -0.4 is 0 Å². The summed E-state index contributed by atoms with van der Waals surface area (Å²) in [6, 6.07) is 17.2. The highest BCUT2D eigenvalue weighted by Crippen LogP contribution is 2.34. The molecule has 23 heavy (non-hydrogen) atoms. The van der Waals surface area contributed by atoms with Crippen LogP contribution >= 0.6 is 22.7 Å². The average Bonchev–Trinajstić information content (AvgIpc) is 3.35. The van der Waals surface area contributed by atoms with Crippen LogP contribution in [0.2, 0.25) is 0 Å². The Morgan fingerprint density at radius 3 is 2.39 bits per heavy atom. The van der Waals surface area contributed by atoms with Crippen molar-refractivity contribution in [3.8, 4) is 22.1 Å². The lowest BCUT2D eigenvalue weighted by atomic mass is 10.2. The van der Waals surface area contributed by atoms with Gasteiger partial charge in [-0.25, -0.2) is 4.98 Å². The number of aromatic nitrogens is 1. The van der Waals surface area contributed by atoms with E-state index in [1.165, 1.54) is 22.7 Å². The van der Waals surface area contributed by atoms with E-state index in [4.69, 9.17) is 4.42 Å². The first-order valence-corrected chi connectivity index (χ1v) is 8.77. The summed E-state index contributed by atoms with van der Waals surface area (Å²) in [5.41, 5.74) is 1.23. The van der Waals surface area contributed by atoms with Gasteiger partial charge in [0.25, 0.3) is 0 Å². The Labute approximate surface area is 140 Å². The maximum atomic E-state index is 12.8. The van der Waals surface area contributed by atoms with Gasteiger partial charge in [-0.15, -0.1) is 22.7 Å². The highest BCUT2D eigenvalue weighted by Gasteiger charge is 2.24. The smallest absolute Gasteiger partial charge is 0.227 e. The summed E-state index contributed by atoms with van der Waals surface area (Å²) in [4.78, 5) is 18.8. The minimum atomic E-state index is -0.102. The molecule has 0 bridgehead atoms. The number of carbonyl (C=O) groups is 1. The van der Waals surface area contributed by atoms with E-state index in [0.29, 0.717) is 22.2 Å². The first kappa shape index (κ1) is 14.1. The molecule has 0 unspecified atom stereocenters. The van der Waals surface area contributed by atoms with Crippen molar-refractivity contribution < 1.29 is 9.21 Å². The van der Waals surface area contributed by atoms with Crippen molar-refractivity contribution in [3.05, 3.63) is 75.9 Å². The van der Waals surface area contributed by atoms with E-state index in [2.05, 4.69) is 4.98 Å². The molecule has 0 amide bonds. The van der Waals surface area contributed by atoms with Gasteiger partial charge in [0.1, 0.15) is 0 Å². The number of carbonyl (C=O) groups excluding carboxylic acids is 1. The molecule has 0 aliphatic heterocycles. The number of hydrogen-bond acceptors (Lipinski definition) is 5. The second-order valence-electron chi connectivity index (χ2n) is 4.85. The van der Waals surface area contributed by atoms with Crippen molar-refractivity contribution in [3.63, 3.8) is 0 Å². The standard InChI is InChI=1S/C18H11NO2S2/c20-16(13-8-4-10-22-13)15-17(14-9-5-11-23-14)21-18(19-15)12-6-2-1-3-7-12/h1-11H. The molecule has 0 radical (unpaired) electrons. The highest BCUT2D eigenvalue weighted by atomic mass is 32.1. The van der Waals surface area contributed by atoms with Crippen LogP contribution in [0.3, 0.4) is 0 Å². The minimum absolute atomic E-state index is 0.102. The van der Waals surface area contributed by atoms with Crippen molar-refractivity contribution in [2.24, 2.45) is 0 Å². The Hall–Kier alpha value is -2.50. The molecule has 3 nitrogen and oxygen atoms in total. The Morgan fingerprint density at radius 2 is 1.70 bits per heavy atom. The van der Waals surface area contributed by atoms with Crippen LogP contribution in [0.5, 0.6) is 0 Å². The first-order valence-electron chi connectivity index (χ1n) is 7.01.